The van der Waals surface area contributed by atoms with Crippen LogP contribution in [-0.4, -0.2) is 45.8 Å². The third-order valence-electron chi connectivity index (χ3n) is 6.32. The summed E-state index contributed by atoms with van der Waals surface area (Å²) in [4.78, 5) is 18.8. The van der Waals surface area contributed by atoms with Gasteiger partial charge in [-0.2, -0.15) is 0 Å². The van der Waals surface area contributed by atoms with Gasteiger partial charge >= 0.3 is 5.97 Å². The van der Waals surface area contributed by atoms with Gasteiger partial charge in [0, 0.05) is 12.3 Å². The second kappa shape index (κ2) is 17.0. The van der Waals surface area contributed by atoms with Gasteiger partial charge in [-0.25, -0.2) is 9.79 Å². The van der Waals surface area contributed by atoms with Gasteiger partial charge in [0.05, 0.1) is 18.7 Å². The number of guanidine groups is 1. The van der Waals surface area contributed by atoms with Crippen molar-refractivity contribution in [2.75, 3.05) is 11.9 Å². The number of benzene rings is 1. The normalized spacial score (nSPS) is 14.3. The first-order valence-corrected chi connectivity index (χ1v) is 13.2. The maximum absolute atomic E-state index is 11.6. The lowest BCUT2D eigenvalue weighted by Crippen LogP contribution is -2.28. The molecule has 8 heteroatoms. The molecule has 2 aromatic rings. The standard InChI is InChI=1S/C29H43N5O3/c1-2-3-12-25(35)13-7-11-23(16-15-22-9-5-4-6-10-22)17-18-26(34-27-14-8-19-32-27)24(20-28(36)37)21-33-29(30)31/h4-6,8-10,14-16,19-20,23,25-26,32,34-35H,2-3,7,11-13,17-18,21H2,1H3,(H,36,37)(H4,30,31,33)/b16-15+,24-20+/t23-,25+,26-/m1/s1. The number of aliphatic imine (C=N–C) groups is 1. The van der Waals surface area contributed by atoms with E-state index in [1.807, 2.05) is 36.5 Å². The lowest BCUT2D eigenvalue weighted by Gasteiger charge is -2.24. The topological polar surface area (TPSA) is 150 Å². The molecule has 0 aliphatic rings. The van der Waals surface area contributed by atoms with Crippen LogP contribution in [0.3, 0.4) is 0 Å². The van der Waals surface area contributed by atoms with Gasteiger partial charge in [-0.1, -0.05) is 68.7 Å². The Morgan fingerprint density at radius 2 is 1.81 bits per heavy atom. The molecule has 202 valence electrons. The molecule has 0 aliphatic heterocycles. The molecule has 0 amide bonds. The number of hydrogen-bond donors (Lipinski definition) is 6. The average Bonchev–Trinajstić information content (AvgIpc) is 3.39. The van der Waals surface area contributed by atoms with Gasteiger partial charge in [0.1, 0.15) is 5.82 Å². The molecule has 3 atom stereocenters. The van der Waals surface area contributed by atoms with Crippen LogP contribution in [0.2, 0.25) is 0 Å². The van der Waals surface area contributed by atoms with Crippen LogP contribution in [0.4, 0.5) is 5.82 Å². The molecule has 2 rings (SSSR count). The minimum Gasteiger partial charge on any atom is -0.478 e. The maximum Gasteiger partial charge on any atom is 0.328 e. The van der Waals surface area contributed by atoms with E-state index in [1.165, 1.54) is 6.08 Å². The number of hydrogen-bond acceptors (Lipinski definition) is 4. The molecule has 0 aliphatic carbocycles. The van der Waals surface area contributed by atoms with Crippen molar-refractivity contribution < 1.29 is 15.0 Å². The predicted molar refractivity (Wildman–Crippen MR) is 152 cm³/mol. The smallest absolute Gasteiger partial charge is 0.328 e. The molecule has 1 aromatic carbocycles. The van der Waals surface area contributed by atoms with Crippen molar-refractivity contribution >= 4 is 23.8 Å². The van der Waals surface area contributed by atoms with E-state index in [1.54, 1.807) is 0 Å². The zero-order chi connectivity index (χ0) is 26.9. The Balaban J connectivity index is 2.17. The molecular formula is C29H43N5O3. The molecule has 0 radical (unpaired) electrons. The zero-order valence-corrected chi connectivity index (χ0v) is 21.9. The molecule has 0 spiro atoms. The van der Waals surface area contributed by atoms with Crippen molar-refractivity contribution in [1.29, 1.82) is 0 Å². The van der Waals surface area contributed by atoms with E-state index >= 15 is 0 Å². The number of aromatic amines is 1. The number of carboxylic acid groups (broad SMARTS) is 1. The second-order valence-corrected chi connectivity index (χ2v) is 9.41. The fraction of sp³-hybridized carbons (Fsp3) is 0.448. The SMILES string of the molecule is CCCC[C@H](O)CCC[C@H](/C=C/c1ccccc1)CC[C@@H](Nc1ccc[nH]1)/C(=C/C(=O)O)CN=C(N)N. The van der Waals surface area contributed by atoms with Crippen LogP contribution in [0.5, 0.6) is 0 Å². The molecule has 1 heterocycles. The third kappa shape index (κ3) is 12.8. The number of aromatic nitrogens is 1. The quantitative estimate of drug-likeness (QED) is 0.0955. The summed E-state index contributed by atoms with van der Waals surface area (Å²) in [7, 11) is 0. The Labute approximate surface area is 220 Å². The number of unbranched alkanes of at least 4 members (excludes halogenated alkanes) is 1. The number of carboxylic acids is 1. The van der Waals surface area contributed by atoms with Crippen LogP contribution < -0.4 is 16.8 Å². The van der Waals surface area contributed by atoms with Crippen LogP contribution >= 0.6 is 0 Å². The maximum atomic E-state index is 11.6. The van der Waals surface area contributed by atoms with Crippen LogP contribution in [0, 0.1) is 5.92 Å². The first kappa shape index (κ1) is 29.7. The van der Waals surface area contributed by atoms with Crippen molar-refractivity contribution in [1.82, 2.24) is 4.98 Å². The van der Waals surface area contributed by atoms with Crippen molar-refractivity contribution in [2.45, 2.75) is 70.4 Å². The number of aliphatic hydroxyl groups is 1. The number of H-pyrrole nitrogens is 1. The molecule has 37 heavy (non-hydrogen) atoms. The zero-order valence-electron chi connectivity index (χ0n) is 21.9. The summed E-state index contributed by atoms with van der Waals surface area (Å²) in [6, 6.07) is 13.7. The number of anilines is 1. The average molecular weight is 510 g/mol. The highest BCUT2D eigenvalue weighted by Gasteiger charge is 2.19. The van der Waals surface area contributed by atoms with Crippen LogP contribution in [0.1, 0.15) is 63.9 Å². The summed E-state index contributed by atoms with van der Waals surface area (Å²) >= 11 is 0. The summed E-state index contributed by atoms with van der Waals surface area (Å²) in [6.07, 6.45) is 14.2. The van der Waals surface area contributed by atoms with Crippen molar-refractivity contribution in [2.24, 2.45) is 22.4 Å². The first-order chi connectivity index (χ1) is 17.9. The van der Waals surface area contributed by atoms with Gasteiger partial charge in [0.2, 0.25) is 0 Å². The summed E-state index contributed by atoms with van der Waals surface area (Å²) in [6.45, 7) is 2.23. The summed E-state index contributed by atoms with van der Waals surface area (Å²) in [5, 5.41) is 23.2. The number of rotatable bonds is 18. The fourth-order valence-electron chi connectivity index (χ4n) is 4.28. The van der Waals surface area contributed by atoms with Gasteiger partial charge in [0.15, 0.2) is 5.96 Å². The number of nitrogens with zero attached hydrogens (tertiary/aromatic N) is 1. The van der Waals surface area contributed by atoms with E-state index in [-0.39, 0.29) is 30.6 Å². The monoisotopic (exact) mass is 509 g/mol. The molecular weight excluding hydrogens is 466 g/mol. The van der Waals surface area contributed by atoms with E-state index < -0.39 is 5.97 Å². The molecule has 0 saturated heterocycles. The van der Waals surface area contributed by atoms with Gasteiger partial charge in [-0.05, 0) is 61.3 Å². The van der Waals surface area contributed by atoms with E-state index in [4.69, 9.17) is 11.5 Å². The lowest BCUT2D eigenvalue weighted by molar-refractivity contribution is -0.131. The fourth-order valence-corrected chi connectivity index (χ4v) is 4.28. The molecule has 8 N–H and O–H groups in total. The molecule has 1 aromatic heterocycles. The Hall–Kier alpha value is -3.52. The molecule has 0 bridgehead atoms. The molecule has 8 nitrogen and oxygen atoms in total. The lowest BCUT2D eigenvalue weighted by atomic mass is 9.90. The molecule has 0 saturated carbocycles. The van der Waals surface area contributed by atoms with Crippen molar-refractivity contribution in [3.63, 3.8) is 0 Å². The Morgan fingerprint density at radius 1 is 1.05 bits per heavy atom. The summed E-state index contributed by atoms with van der Waals surface area (Å²) in [5.74, 6) is -0.0667. The van der Waals surface area contributed by atoms with Gasteiger partial charge < -0.3 is 32.0 Å². The summed E-state index contributed by atoms with van der Waals surface area (Å²) < 4.78 is 0. The van der Waals surface area contributed by atoms with Crippen molar-refractivity contribution in [3.8, 4) is 0 Å². The number of carbonyl (C=O) groups is 1. The third-order valence-corrected chi connectivity index (χ3v) is 6.32. The van der Waals surface area contributed by atoms with Gasteiger partial charge in [-0.15, -0.1) is 0 Å². The largest absolute Gasteiger partial charge is 0.478 e. The second-order valence-electron chi connectivity index (χ2n) is 9.41. The number of aliphatic hydroxyl groups excluding tert-OH is 1. The van der Waals surface area contributed by atoms with E-state index in [0.29, 0.717) is 12.0 Å². The van der Waals surface area contributed by atoms with E-state index in [9.17, 15) is 15.0 Å². The van der Waals surface area contributed by atoms with Gasteiger partial charge in [0.25, 0.3) is 0 Å². The highest BCUT2D eigenvalue weighted by Crippen LogP contribution is 2.24. The van der Waals surface area contributed by atoms with Crippen molar-refractivity contribution in [3.05, 3.63) is 72.0 Å². The highest BCUT2D eigenvalue weighted by molar-refractivity contribution is 5.81. The minimum absolute atomic E-state index is 0.0831. The number of nitrogens with two attached hydrogens (primary N) is 2. The number of aliphatic carboxylic acids is 1. The molecule has 0 fully saturated rings. The Morgan fingerprint density at radius 3 is 2.46 bits per heavy atom. The van der Waals surface area contributed by atoms with E-state index in [2.05, 4.69) is 46.5 Å². The molecule has 0 unspecified atom stereocenters. The summed E-state index contributed by atoms with van der Waals surface area (Å²) in [5.41, 5.74) is 12.8. The predicted octanol–water partition coefficient (Wildman–Crippen LogP) is 4.91. The minimum atomic E-state index is -1.04. The number of nitrogens with one attached hydrogen (secondary N) is 2. The highest BCUT2D eigenvalue weighted by atomic mass is 16.4. The number of allylic oxidation sites excluding steroid dienone is 1. The van der Waals surface area contributed by atoms with Crippen LogP contribution in [0.15, 0.2) is 71.4 Å². The van der Waals surface area contributed by atoms with Crippen LogP contribution in [-0.2, 0) is 4.79 Å². The van der Waals surface area contributed by atoms with Crippen LogP contribution in [0.25, 0.3) is 6.08 Å². The Kier molecular flexibility index (Phi) is 13.7. The van der Waals surface area contributed by atoms with E-state index in [0.717, 1.165) is 56.3 Å². The van der Waals surface area contributed by atoms with Gasteiger partial charge in [-0.3, -0.25) is 0 Å². The first-order valence-electron chi connectivity index (χ1n) is 13.2. The Bertz CT molecular complexity index is 982.